The van der Waals surface area contributed by atoms with Gasteiger partial charge in [-0.3, -0.25) is 13.8 Å². The minimum absolute atomic E-state index is 0.0885. The number of phosphoric ester groups is 1. The van der Waals surface area contributed by atoms with E-state index < -0.39 is 20.0 Å². The highest BCUT2D eigenvalue weighted by molar-refractivity contribution is 7.47. The maximum atomic E-state index is 12.6. The maximum Gasteiger partial charge on any atom is 0.472 e. The molecule has 42 heavy (non-hydrogen) atoms. The summed E-state index contributed by atoms with van der Waals surface area (Å²) < 4.78 is 22.0. The van der Waals surface area contributed by atoms with Gasteiger partial charge < -0.3 is 21.1 Å². The Morgan fingerprint density at radius 1 is 0.762 bits per heavy atom. The number of aliphatic hydroxyl groups excluding tert-OH is 1. The van der Waals surface area contributed by atoms with Gasteiger partial charge in [-0.1, -0.05) is 129 Å². The molecule has 0 saturated heterocycles. The molecule has 0 bridgehead atoms. The summed E-state index contributed by atoms with van der Waals surface area (Å²) in [6.45, 7) is 4.15. The summed E-state index contributed by atoms with van der Waals surface area (Å²) in [5, 5.41) is 13.6. The molecule has 250 valence electrons. The van der Waals surface area contributed by atoms with Crippen LogP contribution >= 0.6 is 7.82 Å². The van der Waals surface area contributed by atoms with Crippen LogP contribution in [0.4, 0.5) is 0 Å². The summed E-state index contributed by atoms with van der Waals surface area (Å²) in [6, 6.07) is -0.771. The molecule has 0 aliphatic carbocycles. The van der Waals surface area contributed by atoms with Crippen molar-refractivity contribution in [3.8, 4) is 0 Å². The number of aliphatic hydroxyl groups is 1. The standard InChI is InChI=1S/C33H67N2O6P/c1-3-5-7-9-11-13-14-15-16-17-19-21-23-25-27-33(37)35-31(30-41-42(38,39)40-29-28-34)32(36)26-24-22-20-18-12-10-8-6-4-2/h14-15,31-32,36H,3-13,16-30,34H2,1-2H3,(H,35,37)(H,38,39)/b15-14-. The Balaban J connectivity index is 4.29. The third-order valence-corrected chi connectivity index (χ3v) is 8.60. The van der Waals surface area contributed by atoms with E-state index in [2.05, 4.69) is 31.3 Å². The number of amides is 1. The van der Waals surface area contributed by atoms with Gasteiger partial charge in [0.05, 0.1) is 25.4 Å². The van der Waals surface area contributed by atoms with Crippen LogP contribution in [0.5, 0.6) is 0 Å². The van der Waals surface area contributed by atoms with Gasteiger partial charge in [0.2, 0.25) is 5.91 Å². The number of hydrogen-bond acceptors (Lipinski definition) is 6. The normalized spacial score (nSPS) is 14.7. The first-order valence-corrected chi connectivity index (χ1v) is 18.8. The van der Waals surface area contributed by atoms with Gasteiger partial charge in [-0.25, -0.2) is 4.57 Å². The van der Waals surface area contributed by atoms with Crippen LogP contribution in [0, 0.1) is 0 Å². The summed E-state index contributed by atoms with van der Waals surface area (Å²) >= 11 is 0. The van der Waals surface area contributed by atoms with Gasteiger partial charge in [0.1, 0.15) is 0 Å². The second kappa shape index (κ2) is 30.3. The predicted octanol–water partition coefficient (Wildman–Crippen LogP) is 8.49. The molecule has 0 rings (SSSR count). The maximum absolute atomic E-state index is 12.6. The number of nitrogens with one attached hydrogen (secondary N) is 1. The number of hydrogen-bond donors (Lipinski definition) is 4. The van der Waals surface area contributed by atoms with Crippen molar-refractivity contribution in [2.45, 2.75) is 174 Å². The molecule has 0 aromatic rings. The molecular weight excluding hydrogens is 551 g/mol. The first-order chi connectivity index (χ1) is 20.4. The van der Waals surface area contributed by atoms with Gasteiger partial charge in [-0.2, -0.15) is 0 Å². The van der Waals surface area contributed by atoms with Gasteiger partial charge in [-0.15, -0.1) is 0 Å². The zero-order valence-electron chi connectivity index (χ0n) is 27.2. The van der Waals surface area contributed by atoms with E-state index in [1.807, 2.05) is 0 Å². The van der Waals surface area contributed by atoms with Crippen molar-refractivity contribution in [1.82, 2.24) is 5.32 Å². The number of carbonyl (C=O) groups excluding carboxylic acids is 1. The number of carbonyl (C=O) groups is 1. The lowest BCUT2D eigenvalue weighted by Gasteiger charge is -2.25. The highest BCUT2D eigenvalue weighted by atomic mass is 31.2. The summed E-state index contributed by atoms with van der Waals surface area (Å²) in [7, 11) is -4.30. The molecule has 0 fully saturated rings. The van der Waals surface area contributed by atoms with Crippen molar-refractivity contribution in [3.05, 3.63) is 12.2 Å². The highest BCUT2D eigenvalue weighted by Crippen LogP contribution is 2.43. The lowest BCUT2D eigenvalue weighted by atomic mass is 10.0. The SMILES string of the molecule is CCCCCCC/C=C\CCCCCCCC(=O)NC(COP(=O)(O)OCCN)C(O)CCCCCCCCCCC. The van der Waals surface area contributed by atoms with E-state index in [-0.39, 0.29) is 25.7 Å². The molecule has 0 aliphatic rings. The van der Waals surface area contributed by atoms with E-state index in [0.717, 1.165) is 51.4 Å². The summed E-state index contributed by atoms with van der Waals surface area (Å²) in [5.74, 6) is -0.174. The molecule has 9 heteroatoms. The molecule has 8 nitrogen and oxygen atoms in total. The summed E-state index contributed by atoms with van der Waals surface area (Å²) in [6.07, 6.45) is 29.3. The summed E-state index contributed by atoms with van der Waals surface area (Å²) in [4.78, 5) is 22.5. The second-order valence-electron chi connectivity index (χ2n) is 11.7. The zero-order valence-corrected chi connectivity index (χ0v) is 28.1. The number of phosphoric acid groups is 1. The van der Waals surface area contributed by atoms with Crippen LogP contribution in [0.2, 0.25) is 0 Å². The predicted molar refractivity (Wildman–Crippen MR) is 175 cm³/mol. The van der Waals surface area contributed by atoms with Crippen molar-refractivity contribution in [2.75, 3.05) is 19.8 Å². The van der Waals surface area contributed by atoms with E-state index >= 15 is 0 Å². The van der Waals surface area contributed by atoms with Crippen molar-refractivity contribution in [1.29, 1.82) is 0 Å². The molecule has 0 saturated carbocycles. The molecule has 0 spiro atoms. The van der Waals surface area contributed by atoms with Crippen molar-refractivity contribution < 1.29 is 28.4 Å². The Morgan fingerprint density at radius 3 is 1.76 bits per heavy atom. The fourth-order valence-corrected chi connectivity index (χ4v) is 5.71. The van der Waals surface area contributed by atoms with Crippen molar-refractivity contribution in [2.24, 2.45) is 5.73 Å². The highest BCUT2D eigenvalue weighted by Gasteiger charge is 2.27. The van der Waals surface area contributed by atoms with Crippen LogP contribution in [0.15, 0.2) is 12.2 Å². The van der Waals surface area contributed by atoms with Gasteiger partial charge >= 0.3 is 7.82 Å². The molecule has 0 aromatic carbocycles. The number of rotatable bonds is 32. The molecule has 1 amide bonds. The zero-order chi connectivity index (χ0) is 31.2. The lowest BCUT2D eigenvalue weighted by Crippen LogP contribution is -2.46. The monoisotopic (exact) mass is 618 g/mol. The van der Waals surface area contributed by atoms with E-state index in [4.69, 9.17) is 14.8 Å². The molecule has 5 N–H and O–H groups in total. The van der Waals surface area contributed by atoms with Gasteiger partial charge in [-0.05, 0) is 38.5 Å². The Hall–Kier alpha value is -0.760. The molecule has 0 heterocycles. The van der Waals surface area contributed by atoms with Crippen LogP contribution in [-0.4, -0.2) is 47.8 Å². The number of allylic oxidation sites excluding steroid dienone is 2. The molecule has 3 atom stereocenters. The Labute approximate surface area is 258 Å². The minimum Gasteiger partial charge on any atom is -0.391 e. The smallest absolute Gasteiger partial charge is 0.391 e. The Morgan fingerprint density at radius 2 is 1.24 bits per heavy atom. The molecule has 0 aromatic heterocycles. The first-order valence-electron chi connectivity index (χ1n) is 17.3. The Kier molecular flexibility index (Phi) is 29.7. The molecule has 0 radical (unpaired) electrons. The lowest BCUT2D eigenvalue weighted by molar-refractivity contribution is -0.123. The van der Waals surface area contributed by atoms with E-state index in [1.165, 1.54) is 83.5 Å². The summed E-state index contributed by atoms with van der Waals surface area (Å²) in [5.41, 5.74) is 5.34. The van der Waals surface area contributed by atoms with Crippen LogP contribution in [-0.2, 0) is 18.4 Å². The van der Waals surface area contributed by atoms with Crippen LogP contribution in [0.3, 0.4) is 0 Å². The third kappa shape index (κ3) is 28.0. The fraction of sp³-hybridized carbons (Fsp3) is 0.909. The van der Waals surface area contributed by atoms with Gasteiger partial charge in [0, 0.05) is 13.0 Å². The van der Waals surface area contributed by atoms with Crippen LogP contribution in [0.25, 0.3) is 0 Å². The largest absolute Gasteiger partial charge is 0.472 e. The van der Waals surface area contributed by atoms with Gasteiger partial charge in [0.15, 0.2) is 0 Å². The third-order valence-electron chi connectivity index (χ3n) is 7.62. The fourth-order valence-electron chi connectivity index (χ4n) is 4.95. The van der Waals surface area contributed by atoms with Crippen LogP contribution < -0.4 is 11.1 Å². The second-order valence-corrected chi connectivity index (χ2v) is 13.2. The van der Waals surface area contributed by atoms with E-state index in [9.17, 15) is 19.4 Å². The average Bonchev–Trinajstić information content (AvgIpc) is 2.97. The van der Waals surface area contributed by atoms with Gasteiger partial charge in [0.25, 0.3) is 0 Å². The topological polar surface area (TPSA) is 131 Å². The van der Waals surface area contributed by atoms with Crippen LogP contribution in [0.1, 0.15) is 162 Å². The van der Waals surface area contributed by atoms with E-state index in [1.54, 1.807) is 0 Å². The van der Waals surface area contributed by atoms with Crippen molar-refractivity contribution in [3.63, 3.8) is 0 Å². The quantitative estimate of drug-likeness (QED) is 0.0338. The molecular formula is C33H67N2O6P. The molecule has 3 unspecified atom stereocenters. The average molecular weight is 619 g/mol. The number of nitrogens with two attached hydrogens (primary N) is 1. The number of unbranched alkanes of at least 4 members (excludes halogenated alkanes) is 18. The Bertz CT molecular complexity index is 679. The van der Waals surface area contributed by atoms with E-state index in [0.29, 0.717) is 12.8 Å². The van der Waals surface area contributed by atoms with Crippen molar-refractivity contribution >= 4 is 13.7 Å². The first kappa shape index (κ1) is 41.2. The minimum atomic E-state index is -4.30. The molecule has 0 aliphatic heterocycles.